The van der Waals surface area contributed by atoms with Crippen molar-refractivity contribution >= 4 is 17.5 Å². The van der Waals surface area contributed by atoms with E-state index in [0.29, 0.717) is 18.7 Å². The van der Waals surface area contributed by atoms with Crippen molar-refractivity contribution in [2.24, 2.45) is 0 Å². The Hall–Kier alpha value is -2.11. The maximum absolute atomic E-state index is 12.5. The number of nitrogens with one attached hydrogen (secondary N) is 2. The fourth-order valence-electron chi connectivity index (χ4n) is 2.12. The molecule has 1 saturated heterocycles. The minimum Gasteiger partial charge on any atom is -0.385 e. The van der Waals surface area contributed by atoms with E-state index in [-0.39, 0.29) is 11.8 Å². The molecule has 1 aliphatic rings. The second kappa shape index (κ2) is 5.69. The van der Waals surface area contributed by atoms with Crippen LogP contribution in [-0.4, -0.2) is 47.4 Å². The number of carbonyl (C=O) groups excluding carboxylic acids is 2. The van der Waals surface area contributed by atoms with Gasteiger partial charge < -0.3 is 15.5 Å². The number of pyridine rings is 1. The van der Waals surface area contributed by atoms with Gasteiger partial charge in [0.15, 0.2) is 0 Å². The van der Waals surface area contributed by atoms with E-state index in [1.807, 2.05) is 6.92 Å². The Morgan fingerprint density at radius 2 is 2.42 bits per heavy atom. The van der Waals surface area contributed by atoms with Crippen LogP contribution in [0.25, 0.3) is 0 Å². The van der Waals surface area contributed by atoms with Gasteiger partial charge in [-0.05, 0) is 19.9 Å². The standard InChI is InChI=1S/C13H18N4O2/c1-3-15-11-4-5-14-8-10(11)13(19)17-7-6-16-12(18)9(17)2/h4-5,8-9H,3,6-7H2,1-2H3,(H,14,15)(H,16,18). The third-order valence-electron chi connectivity index (χ3n) is 3.18. The molecule has 6 nitrogen and oxygen atoms in total. The van der Waals surface area contributed by atoms with Gasteiger partial charge in [0.1, 0.15) is 6.04 Å². The third kappa shape index (κ3) is 2.67. The lowest BCUT2D eigenvalue weighted by Crippen LogP contribution is -2.55. The van der Waals surface area contributed by atoms with E-state index in [9.17, 15) is 9.59 Å². The summed E-state index contributed by atoms with van der Waals surface area (Å²) in [5.74, 6) is -0.278. The Morgan fingerprint density at radius 3 is 3.16 bits per heavy atom. The lowest BCUT2D eigenvalue weighted by molar-refractivity contribution is -0.127. The molecule has 1 aliphatic heterocycles. The summed E-state index contributed by atoms with van der Waals surface area (Å²) in [4.78, 5) is 29.7. The van der Waals surface area contributed by atoms with Gasteiger partial charge in [-0.25, -0.2) is 0 Å². The van der Waals surface area contributed by atoms with Crippen molar-refractivity contribution in [3.63, 3.8) is 0 Å². The SMILES string of the molecule is CCNc1ccncc1C(=O)N1CCNC(=O)C1C. The summed E-state index contributed by atoms with van der Waals surface area (Å²) in [6, 6.07) is 1.32. The van der Waals surface area contributed by atoms with Gasteiger partial charge in [-0.1, -0.05) is 0 Å². The Morgan fingerprint density at radius 1 is 1.63 bits per heavy atom. The number of aromatic nitrogens is 1. The second-order valence-electron chi connectivity index (χ2n) is 4.42. The molecule has 19 heavy (non-hydrogen) atoms. The van der Waals surface area contributed by atoms with E-state index in [4.69, 9.17) is 0 Å². The predicted molar refractivity (Wildman–Crippen MR) is 71.9 cm³/mol. The smallest absolute Gasteiger partial charge is 0.258 e. The molecule has 0 aliphatic carbocycles. The lowest BCUT2D eigenvalue weighted by atomic mass is 10.1. The van der Waals surface area contributed by atoms with Gasteiger partial charge in [0, 0.05) is 32.0 Å². The van der Waals surface area contributed by atoms with Crippen LogP contribution < -0.4 is 10.6 Å². The molecule has 0 radical (unpaired) electrons. The molecular formula is C13H18N4O2. The Kier molecular flexibility index (Phi) is 3.99. The van der Waals surface area contributed by atoms with Crippen molar-refractivity contribution in [3.05, 3.63) is 24.0 Å². The number of anilines is 1. The molecule has 6 heteroatoms. The molecular weight excluding hydrogens is 244 g/mol. The van der Waals surface area contributed by atoms with E-state index < -0.39 is 6.04 Å². The average molecular weight is 262 g/mol. The highest BCUT2D eigenvalue weighted by Crippen LogP contribution is 2.18. The van der Waals surface area contributed by atoms with Crippen LogP contribution in [0.3, 0.4) is 0 Å². The highest BCUT2D eigenvalue weighted by molar-refractivity contribution is 6.01. The molecule has 0 bridgehead atoms. The van der Waals surface area contributed by atoms with Crippen LogP contribution in [0.1, 0.15) is 24.2 Å². The number of nitrogens with zero attached hydrogens (tertiary/aromatic N) is 2. The first-order valence-corrected chi connectivity index (χ1v) is 6.41. The first-order chi connectivity index (χ1) is 9.15. The molecule has 1 unspecified atom stereocenters. The van der Waals surface area contributed by atoms with Crippen LogP contribution in [0.15, 0.2) is 18.5 Å². The molecule has 1 fully saturated rings. The van der Waals surface area contributed by atoms with Crippen molar-refractivity contribution in [2.45, 2.75) is 19.9 Å². The Balaban J connectivity index is 2.26. The first kappa shape index (κ1) is 13.3. The molecule has 1 aromatic rings. The van der Waals surface area contributed by atoms with Gasteiger partial charge in [-0.3, -0.25) is 14.6 Å². The minimum atomic E-state index is -0.448. The maximum atomic E-state index is 12.5. The fourth-order valence-corrected chi connectivity index (χ4v) is 2.12. The summed E-state index contributed by atoms with van der Waals surface area (Å²) in [7, 11) is 0. The number of hydrogen-bond acceptors (Lipinski definition) is 4. The molecule has 102 valence electrons. The summed E-state index contributed by atoms with van der Waals surface area (Å²) >= 11 is 0. The van der Waals surface area contributed by atoms with Crippen molar-refractivity contribution < 1.29 is 9.59 Å². The van der Waals surface area contributed by atoms with E-state index in [0.717, 1.165) is 12.2 Å². The molecule has 1 atom stereocenters. The zero-order chi connectivity index (χ0) is 13.8. The molecule has 2 heterocycles. The quantitative estimate of drug-likeness (QED) is 0.830. The topological polar surface area (TPSA) is 74.3 Å². The van der Waals surface area contributed by atoms with Crippen LogP contribution in [0.4, 0.5) is 5.69 Å². The monoisotopic (exact) mass is 262 g/mol. The van der Waals surface area contributed by atoms with Crippen molar-refractivity contribution in [1.29, 1.82) is 0 Å². The van der Waals surface area contributed by atoms with E-state index in [2.05, 4.69) is 15.6 Å². The fraction of sp³-hybridized carbons (Fsp3) is 0.462. The predicted octanol–water partition coefficient (Wildman–Crippen LogP) is 0.474. The minimum absolute atomic E-state index is 0.117. The summed E-state index contributed by atoms with van der Waals surface area (Å²) in [5.41, 5.74) is 1.26. The normalized spacial score (nSPS) is 18.9. The molecule has 1 aromatic heterocycles. The molecule has 0 aromatic carbocycles. The summed E-state index contributed by atoms with van der Waals surface area (Å²) in [6.07, 6.45) is 3.18. The van der Waals surface area contributed by atoms with Crippen LogP contribution in [0.5, 0.6) is 0 Å². The number of hydrogen-bond donors (Lipinski definition) is 2. The van der Waals surface area contributed by atoms with Gasteiger partial charge in [0.25, 0.3) is 5.91 Å². The Bertz CT molecular complexity index is 489. The Labute approximate surface area is 112 Å². The molecule has 0 saturated carbocycles. The van der Waals surface area contributed by atoms with Gasteiger partial charge in [-0.15, -0.1) is 0 Å². The van der Waals surface area contributed by atoms with Gasteiger partial charge in [-0.2, -0.15) is 0 Å². The molecule has 2 rings (SSSR count). The highest BCUT2D eigenvalue weighted by atomic mass is 16.2. The average Bonchev–Trinajstić information content (AvgIpc) is 2.42. The highest BCUT2D eigenvalue weighted by Gasteiger charge is 2.30. The van der Waals surface area contributed by atoms with E-state index in [1.54, 1.807) is 30.3 Å². The summed E-state index contributed by atoms with van der Waals surface area (Å²) in [5, 5.41) is 5.88. The maximum Gasteiger partial charge on any atom is 0.258 e. The lowest BCUT2D eigenvalue weighted by Gasteiger charge is -2.33. The number of amides is 2. The van der Waals surface area contributed by atoms with Crippen LogP contribution in [0, 0.1) is 0 Å². The van der Waals surface area contributed by atoms with Crippen molar-refractivity contribution in [1.82, 2.24) is 15.2 Å². The third-order valence-corrected chi connectivity index (χ3v) is 3.18. The second-order valence-corrected chi connectivity index (χ2v) is 4.42. The molecule has 0 spiro atoms. The van der Waals surface area contributed by atoms with Gasteiger partial charge in [0.2, 0.25) is 5.91 Å². The van der Waals surface area contributed by atoms with Crippen LogP contribution in [0.2, 0.25) is 0 Å². The number of piperazine rings is 1. The molecule has 2 amide bonds. The number of carbonyl (C=O) groups is 2. The zero-order valence-corrected chi connectivity index (χ0v) is 11.1. The van der Waals surface area contributed by atoms with Crippen molar-refractivity contribution in [3.8, 4) is 0 Å². The van der Waals surface area contributed by atoms with Crippen molar-refractivity contribution in [2.75, 3.05) is 25.0 Å². The molecule has 2 N–H and O–H groups in total. The number of rotatable bonds is 3. The summed E-state index contributed by atoms with van der Waals surface area (Å²) < 4.78 is 0. The zero-order valence-electron chi connectivity index (χ0n) is 11.1. The van der Waals surface area contributed by atoms with E-state index >= 15 is 0 Å². The van der Waals surface area contributed by atoms with Crippen LogP contribution >= 0.6 is 0 Å². The summed E-state index contributed by atoms with van der Waals surface area (Å²) in [6.45, 7) is 5.43. The van der Waals surface area contributed by atoms with Gasteiger partial charge in [0.05, 0.1) is 11.3 Å². The van der Waals surface area contributed by atoms with Gasteiger partial charge >= 0.3 is 0 Å². The van der Waals surface area contributed by atoms with E-state index in [1.165, 1.54) is 0 Å². The largest absolute Gasteiger partial charge is 0.385 e. The first-order valence-electron chi connectivity index (χ1n) is 6.41. The van der Waals surface area contributed by atoms with Crippen LogP contribution in [-0.2, 0) is 4.79 Å².